The van der Waals surface area contributed by atoms with Crippen LogP contribution in [0.3, 0.4) is 0 Å². The average molecular weight is 333 g/mol. The second-order valence-corrected chi connectivity index (χ2v) is 4.67. The maximum atomic E-state index is 13.6. The number of hydrogen-bond donors (Lipinski definition) is 1. The number of amides is 1. The van der Waals surface area contributed by atoms with Gasteiger partial charge in [0.1, 0.15) is 5.75 Å². The molecule has 0 unspecified atom stereocenters. The van der Waals surface area contributed by atoms with Crippen LogP contribution in [0.15, 0.2) is 42.5 Å². The maximum Gasteiger partial charge on any atom is 0.338 e. The van der Waals surface area contributed by atoms with Gasteiger partial charge in [0.2, 0.25) is 0 Å². The van der Waals surface area contributed by atoms with E-state index >= 15 is 0 Å². The molecule has 0 aromatic heterocycles. The smallest absolute Gasteiger partial charge is 0.338 e. The Morgan fingerprint density at radius 1 is 1.04 bits per heavy atom. The highest BCUT2D eigenvalue weighted by atomic mass is 19.1. The molecule has 1 amide bonds. The van der Waals surface area contributed by atoms with Crippen molar-refractivity contribution < 1.29 is 28.2 Å². The van der Waals surface area contributed by atoms with Crippen LogP contribution in [-0.4, -0.2) is 32.7 Å². The Labute approximate surface area is 138 Å². The molecule has 0 fully saturated rings. The van der Waals surface area contributed by atoms with Gasteiger partial charge in [0.15, 0.2) is 18.2 Å². The van der Waals surface area contributed by atoms with E-state index in [9.17, 15) is 14.0 Å². The van der Waals surface area contributed by atoms with Gasteiger partial charge in [-0.15, -0.1) is 0 Å². The van der Waals surface area contributed by atoms with Crippen LogP contribution in [0.5, 0.6) is 11.5 Å². The van der Waals surface area contributed by atoms with E-state index < -0.39 is 24.3 Å². The van der Waals surface area contributed by atoms with Crippen molar-refractivity contribution in [3.05, 3.63) is 53.8 Å². The van der Waals surface area contributed by atoms with Crippen LogP contribution in [0.1, 0.15) is 10.4 Å². The maximum absolute atomic E-state index is 13.6. The van der Waals surface area contributed by atoms with Gasteiger partial charge in [-0.25, -0.2) is 9.18 Å². The van der Waals surface area contributed by atoms with Gasteiger partial charge < -0.3 is 19.5 Å². The van der Waals surface area contributed by atoms with Crippen LogP contribution in [0.4, 0.5) is 10.1 Å². The molecule has 2 rings (SSSR count). The normalized spacial score (nSPS) is 9.96. The molecule has 1 N–H and O–H groups in total. The molecule has 0 saturated carbocycles. The van der Waals surface area contributed by atoms with Crippen molar-refractivity contribution in [2.24, 2.45) is 0 Å². The highest BCUT2D eigenvalue weighted by Crippen LogP contribution is 2.23. The monoisotopic (exact) mass is 333 g/mol. The lowest BCUT2D eigenvalue weighted by molar-refractivity contribution is -0.119. The van der Waals surface area contributed by atoms with Crippen molar-refractivity contribution >= 4 is 17.6 Å². The number of carbonyl (C=O) groups is 2. The van der Waals surface area contributed by atoms with Crippen LogP contribution in [-0.2, 0) is 9.53 Å². The van der Waals surface area contributed by atoms with E-state index in [0.717, 1.165) is 6.07 Å². The van der Waals surface area contributed by atoms with Crippen molar-refractivity contribution in [2.75, 3.05) is 26.1 Å². The molecule has 2 aromatic carbocycles. The Balaban J connectivity index is 1.94. The van der Waals surface area contributed by atoms with E-state index in [4.69, 9.17) is 14.2 Å². The number of hydrogen-bond acceptors (Lipinski definition) is 5. The zero-order chi connectivity index (χ0) is 17.5. The number of esters is 1. The summed E-state index contributed by atoms with van der Waals surface area (Å²) in [4.78, 5) is 23.7. The Kier molecular flexibility index (Phi) is 5.73. The molecule has 126 valence electrons. The van der Waals surface area contributed by atoms with Crippen molar-refractivity contribution in [3.8, 4) is 11.5 Å². The van der Waals surface area contributed by atoms with Crippen molar-refractivity contribution in [1.29, 1.82) is 0 Å². The summed E-state index contributed by atoms with van der Waals surface area (Å²) in [7, 11) is 2.79. The molecule has 0 atom stereocenters. The lowest BCUT2D eigenvalue weighted by Crippen LogP contribution is -2.21. The third-order valence-electron chi connectivity index (χ3n) is 3.10. The van der Waals surface area contributed by atoms with Gasteiger partial charge in [-0.1, -0.05) is 12.1 Å². The molecule has 0 aliphatic heterocycles. The van der Waals surface area contributed by atoms with E-state index in [2.05, 4.69) is 5.32 Å². The van der Waals surface area contributed by atoms with Gasteiger partial charge in [0.25, 0.3) is 5.91 Å². The molecule has 0 aliphatic carbocycles. The number of nitrogens with one attached hydrogen (secondary N) is 1. The predicted molar refractivity (Wildman–Crippen MR) is 84.9 cm³/mol. The number of benzene rings is 2. The number of ether oxygens (including phenoxy) is 3. The highest BCUT2D eigenvalue weighted by Gasteiger charge is 2.14. The van der Waals surface area contributed by atoms with Gasteiger partial charge in [-0.2, -0.15) is 0 Å². The summed E-state index contributed by atoms with van der Waals surface area (Å²) in [5, 5.41) is 2.56. The molecule has 7 heteroatoms. The minimum atomic E-state index is -0.813. The first kappa shape index (κ1) is 17.3. The molecular formula is C17H16FNO5. The molecule has 6 nitrogen and oxygen atoms in total. The number of anilines is 1. The summed E-state index contributed by atoms with van der Waals surface area (Å²) in [5.74, 6) is -1.55. The number of halogens is 1. The van der Waals surface area contributed by atoms with Gasteiger partial charge in [0.05, 0.1) is 25.5 Å². The Bertz CT molecular complexity index is 748. The van der Waals surface area contributed by atoms with E-state index in [0.29, 0.717) is 11.4 Å². The Morgan fingerprint density at radius 2 is 1.75 bits per heavy atom. The highest BCUT2D eigenvalue weighted by molar-refractivity contribution is 5.96. The number of methoxy groups -OCH3 is 2. The first-order chi connectivity index (χ1) is 11.5. The second-order valence-electron chi connectivity index (χ2n) is 4.67. The van der Waals surface area contributed by atoms with Gasteiger partial charge in [0, 0.05) is 0 Å². The van der Waals surface area contributed by atoms with Gasteiger partial charge >= 0.3 is 5.97 Å². The third kappa shape index (κ3) is 4.22. The Morgan fingerprint density at radius 3 is 2.42 bits per heavy atom. The quantitative estimate of drug-likeness (QED) is 0.823. The largest absolute Gasteiger partial charge is 0.495 e. The molecule has 0 heterocycles. The van der Waals surface area contributed by atoms with Gasteiger partial charge in [-0.05, 0) is 30.3 Å². The second kappa shape index (κ2) is 7.96. The van der Waals surface area contributed by atoms with E-state index in [1.165, 1.54) is 26.4 Å². The number of rotatable bonds is 6. The summed E-state index contributed by atoms with van der Waals surface area (Å²) in [6, 6.07) is 10.5. The molecule has 24 heavy (non-hydrogen) atoms. The number of carbonyl (C=O) groups excluding carboxylic acids is 2. The van der Waals surface area contributed by atoms with Crippen LogP contribution >= 0.6 is 0 Å². The molecule has 0 radical (unpaired) electrons. The molecule has 0 saturated heterocycles. The van der Waals surface area contributed by atoms with Crippen molar-refractivity contribution in [3.63, 3.8) is 0 Å². The predicted octanol–water partition coefficient (Wildman–Crippen LogP) is 2.64. The van der Waals surface area contributed by atoms with E-state index in [1.807, 2.05) is 0 Å². The standard InChI is InChI=1S/C17H16FNO5/c1-22-14-8-7-11(9-12(14)18)17(21)24-10-16(20)19-13-5-3-4-6-15(13)23-2/h3-9H,10H2,1-2H3,(H,19,20). The fourth-order valence-corrected chi connectivity index (χ4v) is 1.94. The minimum Gasteiger partial charge on any atom is -0.495 e. The lowest BCUT2D eigenvalue weighted by atomic mass is 10.2. The first-order valence-corrected chi connectivity index (χ1v) is 6.98. The topological polar surface area (TPSA) is 73.9 Å². The summed E-state index contributed by atoms with van der Waals surface area (Å²) in [5.41, 5.74) is 0.440. The van der Waals surface area contributed by atoms with Crippen LogP contribution in [0.25, 0.3) is 0 Å². The molecule has 0 spiro atoms. The SMILES string of the molecule is COc1ccc(C(=O)OCC(=O)Nc2ccccc2OC)cc1F. The minimum absolute atomic E-state index is 0.0143. The zero-order valence-corrected chi connectivity index (χ0v) is 13.2. The number of para-hydroxylation sites is 2. The van der Waals surface area contributed by atoms with E-state index in [-0.39, 0.29) is 11.3 Å². The molecule has 0 aliphatic rings. The fourth-order valence-electron chi connectivity index (χ4n) is 1.94. The summed E-state index contributed by atoms with van der Waals surface area (Å²) in [6.07, 6.45) is 0. The molecule has 2 aromatic rings. The third-order valence-corrected chi connectivity index (χ3v) is 3.10. The lowest BCUT2D eigenvalue weighted by Gasteiger charge is -2.10. The summed E-state index contributed by atoms with van der Waals surface area (Å²) in [6.45, 7) is -0.509. The average Bonchev–Trinajstić information content (AvgIpc) is 2.60. The zero-order valence-electron chi connectivity index (χ0n) is 13.2. The first-order valence-electron chi connectivity index (χ1n) is 6.98. The fraction of sp³-hybridized carbons (Fsp3) is 0.176. The summed E-state index contributed by atoms with van der Waals surface area (Å²) < 4.78 is 28.3. The summed E-state index contributed by atoms with van der Waals surface area (Å²) >= 11 is 0. The van der Waals surface area contributed by atoms with Crippen molar-refractivity contribution in [1.82, 2.24) is 0 Å². The molecular weight excluding hydrogens is 317 g/mol. The van der Waals surface area contributed by atoms with Crippen LogP contribution < -0.4 is 14.8 Å². The molecule has 0 bridgehead atoms. The Hall–Kier alpha value is -3.09. The van der Waals surface area contributed by atoms with Gasteiger partial charge in [-0.3, -0.25) is 4.79 Å². The van der Waals surface area contributed by atoms with Crippen LogP contribution in [0, 0.1) is 5.82 Å². The van der Waals surface area contributed by atoms with Crippen molar-refractivity contribution in [2.45, 2.75) is 0 Å². The van der Waals surface area contributed by atoms with Crippen LogP contribution in [0.2, 0.25) is 0 Å². The van der Waals surface area contributed by atoms with E-state index in [1.54, 1.807) is 24.3 Å².